The number of carbonyl (C=O) groups is 1. The van der Waals surface area contributed by atoms with Crippen molar-refractivity contribution in [3.05, 3.63) is 41.0 Å². The molecule has 3 rings (SSSR count). The minimum Gasteiger partial charge on any atom is -0.497 e. The minimum absolute atomic E-state index is 0.193. The van der Waals surface area contributed by atoms with Gasteiger partial charge in [0.25, 0.3) is 5.91 Å². The van der Waals surface area contributed by atoms with Gasteiger partial charge in [0, 0.05) is 22.7 Å². The van der Waals surface area contributed by atoms with Crippen LogP contribution in [0.3, 0.4) is 0 Å². The number of thiazole rings is 1. The number of ether oxygens (including phenoxy) is 2. The van der Waals surface area contributed by atoms with Gasteiger partial charge in [0.2, 0.25) is 0 Å². The predicted molar refractivity (Wildman–Crippen MR) is 106 cm³/mol. The van der Waals surface area contributed by atoms with Crippen molar-refractivity contribution >= 4 is 22.4 Å². The Hall–Kier alpha value is -2.87. The molecule has 142 valence electrons. The summed E-state index contributed by atoms with van der Waals surface area (Å²) >= 11 is 1.34. The fourth-order valence-corrected chi connectivity index (χ4v) is 3.46. The molecule has 0 unspecified atom stereocenters. The van der Waals surface area contributed by atoms with Crippen LogP contribution in [0.15, 0.2) is 29.6 Å². The third-order valence-electron chi connectivity index (χ3n) is 4.05. The number of carbonyl (C=O) groups excluding carboxylic acids is 1. The number of aryl methyl sites for hydroxylation is 1. The molecule has 3 aromatic rings. The molecule has 0 bridgehead atoms. The van der Waals surface area contributed by atoms with Gasteiger partial charge in [-0.2, -0.15) is 5.10 Å². The van der Waals surface area contributed by atoms with E-state index in [9.17, 15) is 4.79 Å². The largest absolute Gasteiger partial charge is 0.497 e. The number of aromatic nitrogens is 3. The van der Waals surface area contributed by atoms with Crippen molar-refractivity contribution in [1.82, 2.24) is 14.8 Å². The third kappa shape index (κ3) is 3.95. The number of benzene rings is 1. The summed E-state index contributed by atoms with van der Waals surface area (Å²) in [5.41, 5.74) is 2.82. The van der Waals surface area contributed by atoms with E-state index in [-0.39, 0.29) is 11.9 Å². The monoisotopic (exact) mass is 386 g/mol. The molecule has 2 aromatic heterocycles. The van der Waals surface area contributed by atoms with E-state index >= 15 is 0 Å². The van der Waals surface area contributed by atoms with E-state index < -0.39 is 0 Å². The molecule has 0 saturated heterocycles. The van der Waals surface area contributed by atoms with Gasteiger partial charge in [0.1, 0.15) is 11.5 Å². The van der Waals surface area contributed by atoms with Gasteiger partial charge in [-0.15, -0.1) is 11.3 Å². The number of nitrogens with zero attached hydrogens (tertiary/aromatic N) is 3. The topological polar surface area (TPSA) is 78.3 Å². The maximum Gasteiger partial charge on any atom is 0.277 e. The first kappa shape index (κ1) is 18.9. The van der Waals surface area contributed by atoms with Crippen LogP contribution >= 0.6 is 11.3 Å². The van der Waals surface area contributed by atoms with Crippen molar-refractivity contribution in [3.63, 3.8) is 0 Å². The average molecular weight is 386 g/mol. The second kappa shape index (κ2) is 7.79. The molecule has 0 radical (unpaired) electrons. The fourth-order valence-electron chi connectivity index (χ4n) is 2.75. The van der Waals surface area contributed by atoms with Crippen molar-refractivity contribution in [2.24, 2.45) is 0 Å². The lowest BCUT2D eigenvalue weighted by molar-refractivity contribution is 0.102. The molecule has 0 spiro atoms. The highest BCUT2D eigenvalue weighted by atomic mass is 32.1. The summed E-state index contributed by atoms with van der Waals surface area (Å²) in [5.74, 6) is 1.11. The summed E-state index contributed by atoms with van der Waals surface area (Å²) < 4.78 is 12.5. The van der Waals surface area contributed by atoms with E-state index in [2.05, 4.69) is 15.4 Å². The van der Waals surface area contributed by atoms with Gasteiger partial charge in [0.05, 0.1) is 19.9 Å². The highest BCUT2D eigenvalue weighted by Crippen LogP contribution is 2.35. The van der Waals surface area contributed by atoms with Crippen LogP contribution in [-0.4, -0.2) is 34.9 Å². The Morgan fingerprint density at radius 3 is 2.63 bits per heavy atom. The van der Waals surface area contributed by atoms with Crippen LogP contribution < -0.4 is 14.8 Å². The second-order valence-corrected chi connectivity index (χ2v) is 7.13. The van der Waals surface area contributed by atoms with Crippen LogP contribution in [0.4, 0.5) is 5.13 Å². The molecule has 0 aliphatic rings. The van der Waals surface area contributed by atoms with Crippen LogP contribution in [0.2, 0.25) is 0 Å². The average Bonchev–Trinajstić information content (AvgIpc) is 3.27. The first-order valence-electron chi connectivity index (χ1n) is 8.48. The van der Waals surface area contributed by atoms with E-state index in [1.165, 1.54) is 11.3 Å². The maximum atomic E-state index is 12.5. The standard InChI is InChI=1S/C19H22N4O3S/c1-11(2)23-12(3)8-15(22-23)18(24)21-19-20-16(10-27-19)14-9-13(25-4)6-7-17(14)26-5/h6-11H,1-5H3,(H,20,21,24). The van der Waals surface area contributed by atoms with Crippen molar-refractivity contribution in [3.8, 4) is 22.8 Å². The van der Waals surface area contributed by atoms with Crippen LogP contribution in [0.25, 0.3) is 11.3 Å². The Balaban J connectivity index is 1.82. The number of anilines is 1. The van der Waals surface area contributed by atoms with Gasteiger partial charge in [-0.25, -0.2) is 4.98 Å². The van der Waals surface area contributed by atoms with Crippen molar-refractivity contribution < 1.29 is 14.3 Å². The molecular weight excluding hydrogens is 364 g/mol. The summed E-state index contributed by atoms with van der Waals surface area (Å²) in [6.45, 7) is 5.98. The smallest absolute Gasteiger partial charge is 0.277 e. The van der Waals surface area contributed by atoms with Gasteiger partial charge in [-0.1, -0.05) is 0 Å². The minimum atomic E-state index is -0.281. The van der Waals surface area contributed by atoms with Gasteiger partial charge in [0.15, 0.2) is 10.8 Å². The van der Waals surface area contributed by atoms with Crippen LogP contribution in [0, 0.1) is 6.92 Å². The number of hydrogen-bond acceptors (Lipinski definition) is 6. The number of methoxy groups -OCH3 is 2. The molecule has 1 aromatic carbocycles. The molecule has 0 atom stereocenters. The molecule has 7 nitrogen and oxygen atoms in total. The Kier molecular flexibility index (Phi) is 5.46. The summed E-state index contributed by atoms with van der Waals surface area (Å²) in [4.78, 5) is 17.0. The molecule has 2 heterocycles. The Bertz CT molecular complexity index is 962. The van der Waals surface area contributed by atoms with E-state index in [4.69, 9.17) is 9.47 Å². The van der Waals surface area contributed by atoms with E-state index in [1.54, 1.807) is 20.3 Å². The molecule has 1 amide bonds. The Morgan fingerprint density at radius 2 is 2.00 bits per heavy atom. The molecule has 0 fully saturated rings. The molecule has 0 saturated carbocycles. The second-order valence-electron chi connectivity index (χ2n) is 6.27. The lowest BCUT2D eigenvalue weighted by Gasteiger charge is -2.08. The van der Waals surface area contributed by atoms with Crippen LogP contribution in [-0.2, 0) is 0 Å². The molecule has 27 heavy (non-hydrogen) atoms. The summed E-state index contributed by atoms with van der Waals surface area (Å²) in [7, 11) is 3.21. The number of rotatable bonds is 6. The number of hydrogen-bond donors (Lipinski definition) is 1. The first-order chi connectivity index (χ1) is 12.9. The van der Waals surface area contributed by atoms with E-state index in [1.807, 2.05) is 49.0 Å². The SMILES string of the molecule is COc1ccc(OC)c(-c2csc(NC(=O)c3cc(C)n(C(C)C)n3)n2)c1. The molecule has 0 aliphatic carbocycles. The normalized spacial score (nSPS) is 10.9. The zero-order valence-corrected chi connectivity index (χ0v) is 16.8. The lowest BCUT2D eigenvalue weighted by Crippen LogP contribution is -2.13. The van der Waals surface area contributed by atoms with Gasteiger partial charge in [-0.3, -0.25) is 14.8 Å². The van der Waals surface area contributed by atoms with Gasteiger partial charge >= 0.3 is 0 Å². The predicted octanol–water partition coefficient (Wildman–Crippen LogP) is 4.17. The highest BCUT2D eigenvalue weighted by Gasteiger charge is 2.17. The zero-order chi connectivity index (χ0) is 19.6. The maximum absolute atomic E-state index is 12.5. The molecule has 1 N–H and O–H groups in total. The van der Waals surface area contributed by atoms with Crippen molar-refractivity contribution in [1.29, 1.82) is 0 Å². The van der Waals surface area contributed by atoms with E-state index in [0.717, 1.165) is 11.3 Å². The van der Waals surface area contributed by atoms with Gasteiger partial charge in [-0.05, 0) is 45.0 Å². The summed E-state index contributed by atoms with van der Waals surface area (Å²) in [6.07, 6.45) is 0. The van der Waals surface area contributed by atoms with Crippen molar-refractivity contribution in [2.45, 2.75) is 26.8 Å². The summed E-state index contributed by atoms with van der Waals surface area (Å²) in [5, 5.41) is 9.54. The first-order valence-corrected chi connectivity index (χ1v) is 9.36. The molecule has 8 heteroatoms. The molecular formula is C19H22N4O3S. The zero-order valence-electron chi connectivity index (χ0n) is 15.9. The van der Waals surface area contributed by atoms with Gasteiger partial charge < -0.3 is 9.47 Å². The van der Waals surface area contributed by atoms with Crippen LogP contribution in [0.1, 0.15) is 36.1 Å². The van der Waals surface area contributed by atoms with E-state index in [0.29, 0.717) is 28.0 Å². The van der Waals surface area contributed by atoms with Crippen LogP contribution in [0.5, 0.6) is 11.5 Å². The summed E-state index contributed by atoms with van der Waals surface area (Å²) in [6, 6.07) is 7.47. The molecule has 0 aliphatic heterocycles. The number of amides is 1. The highest BCUT2D eigenvalue weighted by molar-refractivity contribution is 7.14. The lowest BCUT2D eigenvalue weighted by atomic mass is 10.1. The fraction of sp³-hybridized carbons (Fsp3) is 0.316. The Labute approximate surface area is 162 Å². The number of nitrogens with one attached hydrogen (secondary N) is 1. The quantitative estimate of drug-likeness (QED) is 0.688. The van der Waals surface area contributed by atoms with Crippen molar-refractivity contribution in [2.75, 3.05) is 19.5 Å². The third-order valence-corrected chi connectivity index (χ3v) is 4.81. The Morgan fingerprint density at radius 1 is 1.22 bits per heavy atom.